The number of benzene rings is 2. The molecule has 0 saturated carbocycles. The summed E-state index contributed by atoms with van der Waals surface area (Å²) < 4.78 is 6.08. The minimum absolute atomic E-state index is 0. The van der Waals surface area contributed by atoms with Gasteiger partial charge < -0.3 is 6.16 Å². The van der Waals surface area contributed by atoms with Crippen LogP contribution < -0.4 is 28.9 Å². The standard InChI is InChI=1S/C28H41O2P.Li.H/c1-9-11-12-22(10-2)18-30-24-13-14-25(19(3)17-24)31-27(29)26-20(4)15-23(16-21(26)5)28(6,7)8;;/h13-17,22,31H,9-12,18H2,1-8H3;;/q;+1;-1. The molecule has 0 aromatic heterocycles. The van der Waals surface area contributed by atoms with Crippen molar-refractivity contribution in [3.05, 3.63) is 58.1 Å². The Labute approximate surface area is 211 Å². The van der Waals surface area contributed by atoms with Gasteiger partial charge in [-0.25, -0.2) is 0 Å². The van der Waals surface area contributed by atoms with Gasteiger partial charge in [0.25, 0.3) is 0 Å². The minimum atomic E-state index is 0. The summed E-state index contributed by atoms with van der Waals surface area (Å²) in [6.45, 7) is 18.1. The van der Waals surface area contributed by atoms with Crippen molar-refractivity contribution >= 4 is 19.4 Å². The molecule has 32 heavy (non-hydrogen) atoms. The van der Waals surface area contributed by atoms with Crippen molar-refractivity contribution in [2.24, 2.45) is 5.92 Å². The van der Waals surface area contributed by atoms with E-state index in [9.17, 15) is 4.79 Å². The predicted octanol–water partition coefficient (Wildman–Crippen LogP) is 4.77. The van der Waals surface area contributed by atoms with Gasteiger partial charge in [0.15, 0.2) is 5.52 Å². The van der Waals surface area contributed by atoms with E-state index in [1.807, 2.05) is 6.07 Å². The molecule has 2 atom stereocenters. The van der Waals surface area contributed by atoms with E-state index in [2.05, 4.69) is 79.7 Å². The zero-order chi connectivity index (χ0) is 23.2. The molecule has 2 nitrogen and oxygen atoms in total. The maximum atomic E-state index is 13.2. The van der Waals surface area contributed by atoms with E-state index < -0.39 is 0 Å². The number of ether oxygens (including phenoxy) is 1. The van der Waals surface area contributed by atoms with Crippen LogP contribution >= 0.6 is 8.58 Å². The number of rotatable bonds is 10. The van der Waals surface area contributed by atoms with Crippen molar-refractivity contribution in [1.82, 2.24) is 0 Å². The summed E-state index contributed by atoms with van der Waals surface area (Å²) in [5, 5.41) is 1.11. The fraction of sp³-hybridized carbons (Fsp3) is 0.536. The molecule has 0 saturated heterocycles. The topological polar surface area (TPSA) is 26.3 Å². The second-order valence-electron chi connectivity index (χ2n) is 9.89. The van der Waals surface area contributed by atoms with Gasteiger partial charge in [-0.15, -0.1) is 0 Å². The summed E-state index contributed by atoms with van der Waals surface area (Å²) in [6.07, 6.45) is 4.88. The number of aryl methyl sites for hydroxylation is 3. The number of hydrogen-bond acceptors (Lipinski definition) is 2. The Hall–Kier alpha value is -1.06. The van der Waals surface area contributed by atoms with E-state index in [0.717, 1.165) is 46.3 Å². The Bertz CT molecular complexity index is 882. The first-order valence-electron chi connectivity index (χ1n) is 11.7. The second-order valence-corrected chi connectivity index (χ2v) is 11.1. The summed E-state index contributed by atoms with van der Waals surface area (Å²) >= 11 is 0. The molecule has 2 unspecified atom stereocenters. The molecular weight excluding hydrogens is 406 g/mol. The van der Waals surface area contributed by atoms with Crippen molar-refractivity contribution in [3.8, 4) is 5.75 Å². The van der Waals surface area contributed by atoms with Crippen LogP contribution in [0.4, 0.5) is 0 Å². The van der Waals surface area contributed by atoms with Crippen molar-refractivity contribution < 1.29 is 29.8 Å². The van der Waals surface area contributed by atoms with Gasteiger partial charge in [0.2, 0.25) is 0 Å². The number of hydrogen-bond donors (Lipinski definition) is 0. The smallest absolute Gasteiger partial charge is 1.00 e. The Balaban J connectivity index is 0.00000512. The van der Waals surface area contributed by atoms with Gasteiger partial charge in [0.1, 0.15) is 5.75 Å². The molecule has 0 aliphatic heterocycles. The molecule has 172 valence electrons. The van der Waals surface area contributed by atoms with Gasteiger partial charge in [-0.1, -0.05) is 72.1 Å². The molecule has 2 aromatic rings. The minimum Gasteiger partial charge on any atom is -1.00 e. The Morgan fingerprint density at radius 3 is 2.16 bits per heavy atom. The zero-order valence-corrected chi connectivity index (χ0v) is 22.8. The van der Waals surface area contributed by atoms with Gasteiger partial charge in [0, 0.05) is 5.56 Å². The van der Waals surface area contributed by atoms with Gasteiger partial charge in [0.05, 0.1) is 6.61 Å². The molecule has 4 heteroatoms. The largest absolute Gasteiger partial charge is 1.00 e. The van der Waals surface area contributed by atoms with Crippen LogP contribution in [0.25, 0.3) is 0 Å². The van der Waals surface area contributed by atoms with Gasteiger partial charge in [-0.3, -0.25) is 4.79 Å². The number of unbranched alkanes of at least 4 members (excludes halogenated alkanes) is 1. The fourth-order valence-electron chi connectivity index (χ4n) is 3.92. The summed E-state index contributed by atoms with van der Waals surface area (Å²) in [4.78, 5) is 13.2. The SMILES string of the molecule is CCCCC(CC)COc1ccc(PC(=O)c2c(C)cc(C(C)(C)C)cc2C)c(C)c1.[H-].[Li+]. The van der Waals surface area contributed by atoms with E-state index in [1.54, 1.807) is 0 Å². The van der Waals surface area contributed by atoms with Crippen molar-refractivity contribution in [2.45, 2.75) is 86.5 Å². The van der Waals surface area contributed by atoms with Gasteiger partial charge in [-0.2, -0.15) is 0 Å². The zero-order valence-electron chi connectivity index (χ0n) is 22.8. The molecule has 0 N–H and O–H groups in total. The number of carbonyl (C=O) groups is 1. The molecule has 0 fully saturated rings. The molecule has 0 heterocycles. The van der Waals surface area contributed by atoms with Crippen LogP contribution in [0.5, 0.6) is 5.75 Å². The van der Waals surface area contributed by atoms with Crippen molar-refractivity contribution in [1.29, 1.82) is 0 Å². The summed E-state index contributed by atoms with van der Waals surface area (Å²) in [5.74, 6) is 1.53. The van der Waals surface area contributed by atoms with E-state index in [1.165, 1.54) is 24.8 Å². The van der Waals surface area contributed by atoms with Crippen LogP contribution in [0.15, 0.2) is 30.3 Å². The average molecular weight is 449 g/mol. The maximum Gasteiger partial charge on any atom is 1.00 e. The van der Waals surface area contributed by atoms with E-state index >= 15 is 0 Å². The van der Waals surface area contributed by atoms with Crippen LogP contribution in [0.2, 0.25) is 0 Å². The van der Waals surface area contributed by atoms with Gasteiger partial charge >= 0.3 is 18.9 Å². The molecule has 0 radical (unpaired) electrons. The normalized spacial score (nSPS) is 12.6. The van der Waals surface area contributed by atoms with E-state index in [0.29, 0.717) is 5.92 Å². The molecule has 2 rings (SSSR count). The van der Waals surface area contributed by atoms with Gasteiger partial charge in [-0.05, 0) is 86.8 Å². The summed E-state index contributed by atoms with van der Waals surface area (Å²) in [6, 6.07) is 10.5. The quantitative estimate of drug-likeness (QED) is 0.387. The second kappa shape index (κ2) is 13.0. The molecule has 0 aliphatic rings. The van der Waals surface area contributed by atoms with Crippen LogP contribution in [0.1, 0.15) is 94.3 Å². The third-order valence-corrected chi connectivity index (χ3v) is 7.41. The average Bonchev–Trinajstić information content (AvgIpc) is 2.68. The molecule has 0 aliphatic carbocycles. The fourth-order valence-corrected chi connectivity index (χ4v) is 5.12. The molecular formula is C28H42LiO2P. The molecule has 0 bridgehead atoms. The maximum absolute atomic E-state index is 13.2. The third kappa shape index (κ3) is 8.06. The first kappa shape index (κ1) is 29.0. The Morgan fingerprint density at radius 2 is 1.66 bits per heavy atom. The van der Waals surface area contributed by atoms with E-state index in [-0.39, 0.29) is 39.8 Å². The summed E-state index contributed by atoms with van der Waals surface area (Å²) in [5.41, 5.74) is 5.76. The Morgan fingerprint density at radius 1 is 1.03 bits per heavy atom. The molecule has 0 spiro atoms. The van der Waals surface area contributed by atoms with Crippen LogP contribution in [-0.2, 0) is 5.41 Å². The number of carbonyl (C=O) groups excluding carboxylic acids is 1. The predicted molar refractivity (Wildman–Crippen MR) is 138 cm³/mol. The van der Waals surface area contributed by atoms with E-state index in [4.69, 9.17) is 4.74 Å². The van der Waals surface area contributed by atoms with Crippen molar-refractivity contribution in [2.75, 3.05) is 6.61 Å². The van der Waals surface area contributed by atoms with Crippen molar-refractivity contribution in [3.63, 3.8) is 0 Å². The van der Waals surface area contributed by atoms with Crippen LogP contribution in [0, 0.1) is 26.7 Å². The Kier molecular flexibility index (Phi) is 11.8. The first-order chi connectivity index (χ1) is 14.6. The van der Waals surface area contributed by atoms with Crippen LogP contribution in [0.3, 0.4) is 0 Å². The van der Waals surface area contributed by atoms with Crippen LogP contribution in [-0.4, -0.2) is 12.1 Å². The third-order valence-electron chi connectivity index (χ3n) is 6.10. The monoisotopic (exact) mass is 448 g/mol. The molecule has 0 amide bonds. The summed E-state index contributed by atoms with van der Waals surface area (Å²) in [7, 11) is 0.130. The molecule has 2 aromatic carbocycles. The first-order valence-corrected chi connectivity index (χ1v) is 12.7.